The van der Waals surface area contributed by atoms with Crippen LogP contribution in [-0.2, 0) is 11.3 Å². The maximum atomic E-state index is 5.41. The highest BCUT2D eigenvalue weighted by atomic mass is 32.1. The molecule has 0 unspecified atom stereocenters. The normalized spacial score (nSPS) is 16.2. The molecule has 0 bridgehead atoms. The van der Waals surface area contributed by atoms with Gasteiger partial charge in [-0.05, 0) is 35.7 Å². The molecule has 3 aromatic rings. The summed E-state index contributed by atoms with van der Waals surface area (Å²) in [5, 5.41) is 2.14. The maximum Gasteiger partial charge on any atom is 0.0594 e. The van der Waals surface area contributed by atoms with E-state index in [2.05, 4.69) is 46.7 Å². The third-order valence-electron chi connectivity index (χ3n) is 3.76. The van der Waals surface area contributed by atoms with Crippen LogP contribution in [0.5, 0.6) is 0 Å². The summed E-state index contributed by atoms with van der Waals surface area (Å²) < 4.78 is 5.41. The van der Waals surface area contributed by atoms with Gasteiger partial charge in [0.2, 0.25) is 0 Å². The molecule has 0 atom stereocenters. The topological polar surface area (TPSA) is 12.5 Å². The van der Waals surface area contributed by atoms with E-state index in [1.165, 1.54) is 24.4 Å². The van der Waals surface area contributed by atoms with Crippen molar-refractivity contribution >= 4 is 34.0 Å². The Bertz CT molecular complexity index is 723. The molecule has 1 saturated heterocycles. The van der Waals surface area contributed by atoms with E-state index in [1.54, 1.807) is 0 Å². The van der Waals surface area contributed by atoms with Crippen molar-refractivity contribution in [3.05, 3.63) is 46.7 Å². The smallest absolute Gasteiger partial charge is 0.0594 e. The molecule has 2 nitrogen and oxygen atoms in total. The highest BCUT2D eigenvalue weighted by Crippen LogP contribution is 2.39. The van der Waals surface area contributed by atoms with Crippen LogP contribution in [0.15, 0.2) is 41.8 Å². The van der Waals surface area contributed by atoms with Gasteiger partial charge >= 0.3 is 0 Å². The summed E-state index contributed by atoms with van der Waals surface area (Å²) in [6, 6.07) is 13.4. The van der Waals surface area contributed by atoms with E-state index < -0.39 is 0 Å². The largest absolute Gasteiger partial charge is 0.379 e. The van der Waals surface area contributed by atoms with E-state index in [0.29, 0.717) is 0 Å². The first-order chi connectivity index (χ1) is 10.9. The molecule has 1 aliphatic heterocycles. The number of thiophene rings is 3. The van der Waals surface area contributed by atoms with Crippen LogP contribution in [0.25, 0.3) is 19.5 Å². The summed E-state index contributed by atoms with van der Waals surface area (Å²) in [5.74, 6) is 0. The fraction of sp³-hybridized carbons (Fsp3) is 0.294. The van der Waals surface area contributed by atoms with E-state index in [1.807, 2.05) is 34.0 Å². The van der Waals surface area contributed by atoms with E-state index >= 15 is 0 Å². The van der Waals surface area contributed by atoms with Crippen molar-refractivity contribution in [2.45, 2.75) is 6.54 Å². The summed E-state index contributed by atoms with van der Waals surface area (Å²) in [7, 11) is 0. The number of rotatable bonds is 4. The van der Waals surface area contributed by atoms with Crippen LogP contribution in [0, 0.1) is 0 Å². The lowest BCUT2D eigenvalue weighted by Crippen LogP contribution is -2.35. The maximum absolute atomic E-state index is 5.41. The fourth-order valence-corrected chi connectivity index (χ4v) is 5.58. The summed E-state index contributed by atoms with van der Waals surface area (Å²) in [6.45, 7) is 4.89. The minimum Gasteiger partial charge on any atom is -0.379 e. The van der Waals surface area contributed by atoms with Crippen molar-refractivity contribution < 1.29 is 4.74 Å². The van der Waals surface area contributed by atoms with Crippen molar-refractivity contribution in [3.8, 4) is 19.5 Å². The second-order valence-corrected chi connectivity index (χ2v) is 8.50. The molecule has 0 amide bonds. The van der Waals surface area contributed by atoms with Gasteiger partial charge in [-0.15, -0.1) is 34.0 Å². The molecule has 3 aromatic heterocycles. The minimum atomic E-state index is 0.868. The molecule has 0 aromatic carbocycles. The fourth-order valence-electron chi connectivity index (χ4n) is 2.60. The Morgan fingerprint density at radius 3 is 2.36 bits per heavy atom. The minimum absolute atomic E-state index is 0.868. The zero-order valence-corrected chi connectivity index (χ0v) is 14.6. The van der Waals surface area contributed by atoms with Crippen LogP contribution in [0.2, 0.25) is 0 Å². The predicted octanol–water partition coefficient (Wildman–Crippen LogP) is 5.04. The van der Waals surface area contributed by atoms with Gasteiger partial charge in [-0.3, -0.25) is 4.90 Å². The molecule has 0 spiro atoms. The van der Waals surface area contributed by atoms with Crippen LogP contribution in [0.3, 0.4) is 0 Å². The van der Waals surface area contributed by atoms with Gasteiger partial charge in [0, 0.05) is 44.0 Å². The van der Waals surface area contributed by atoms with Gasteiger partial charge in [-0.2, -0.15) is 0 Å². The lowest BCUT2D eigenvalue weighted by Gasteiger charge is -2.25. The highest BCUT2D eigenvalue weighted by Gasteiger charge is 2.13. The standard InChI is InChI=1S/C17H17NOS3/c1-2-14(20-11-1)15-5-6-17(22-15)16-4-3-13(21-16)12-18-7-9-19-10-8-18/h1-6,11H,7-10,12H2. The molecule has 0 saturated carbocycles. The first kappa shape index (κ1) is 14.6. The second-order valence-electron chi connectivity index (χ2n) is 5.30. The van der Waals surface area contributed by atoms with Gasteiger partial charge < -0.3 is 4.74 Å². The van der Waals surface area contributed by atoms with Gasteiger partial charge in [0.05, 0.1) is 13.2 Å². The Morgan fingerprint density at radius 2 is 1.59 bits per heavy atom. The number of morpholine rings is 1. The second kappa shape index (κ2) is 6.64. The third kappa shape index (κ3) is 3.19. The summed E-state index contributed by atoms with van der Waals surface area (Å²) >= 11 is 5.62. The number of nitrogens with zero attached hydrogens (tertiary/aromatic N) is 1. The predicted molar refractivity (Wildman–Crippen MR) is 97.0 cm³/mol. The van der Waals surface area contributed by atoms with E-state index in [0.717, 1.165) is 32.8 Å². The Morgan fingerprint density at radius 1 is 0.864 bits per heavy atom. The van der Waals surface area contributed by atoms with Crippen LogP contribution in [-0.4, -0.2) is 31.2 Å². The number of hydrogen-bond acceptors (Lipinski definition) is 5. The zero-order valence-electron chi connectivity index (χ0n) is 12.2. The average molecular weight is 348 g/mol. The lowest BCUT2D eigenvalue weighted by atomic mass is 10.3. The number of hydrogen-bond donors (Lipinski definition) is 0. The lowest BCUT2D eigenvalue weighted by molar-refractivity contribution is 0.0346. The van der Waals surface area contributed by atoms with E-state index in [-0.39, 0.29) is 0 Å². The van der Waals surface area contributed by atoms with Crippen LogP contribution >= 0.6 is 34.0 Å². The van der Waals surface area contributed by atoms with E-state index in [4.69, 9.17) is 4.74 Å². The quantitative estimate of drug-likeness (QED) is 0.656. The van der Waals surface area contributed by atoms with Crippen molar-refractivity contribution in [1.29, 1.82) is 0 Å². The van der Waals surface area contributed by atoms with Crippen molar-refractivity contribution in [2.24, 2.45) is 0 Å². The molecule has 5 heteroatoms. The molecule has 1 fully saturated rings. The Labute approximate surface area is 142 Å². The molecule has 4 heterocycles. The SMILES string of the molecule is c1csc(-c2ccc(-c3ccc(CN4CCOCC4)s3)s2)c1. The third-order valence-corrected chi connectivity index (χ3v) is 7.17. The Kier molecular flexibility index (Phi) is 4.41. The highest BCUT2D eigenvalue weighted by molar-refractivity contribution is 7.26. The van der Waals surface area contributed by atoms with Crippen molar-refractivity contribution in [1.82, 2.24) is 4.90 Å². The molecular formula is C17H17NOS3. The van der Waals surface area contributed by atoms with Crippen LogP contribution in [0.1, 0.15) is 4.88 Å². The van der Waals surface area contributed by atoms with Gasteiger partial charge in [-0.1, -0.05) is 6.07 Å². The molecule has 0 radical (unpaired) electrons. The van der Waals surface area contributed by atoms with Gasteiger partial charge in [0.15, 0.2) is 0 Å². The Balaban J connectivity index is 1.49. The molecule has 4 rings (SSSR count). The number of ether oxygens (including phenoxy) is 1. The first-order valence-corrected chi connectivity index (χ1v) is 9.93. The van der Waals surface area contributed by atoms with Gasteiger partial charge in [0.25, 0.3) is 0 Å². The zero-order chi connectivity index (χ0) is 14.8. The summed E-state index contributed by atoms with van der Waals surface area (Å²) in [4.78, 5) is 9.42. The molecule has 0 aliphatic carbocycles. The van der Waals surface area contributed by atoms with Gasteiger partial charge in [-0.25, -0.2) is 0 Å². The first-order valence-electron chi connectivity index (χ1n) is 7.41. The molecule has 114 valence electrons. The van der Waals surface area contributed by atoms with Crippen molar-refractivity contribution in [3.63, 3.8) is 0 Å². The molecular weight excluding hydrogens is 330 g/mol. The summed E-state index contributed by atoms with van der Waals surface area (Å²) in [5.41, 5.74) is 0. The molecule has 0 N–H and O–H groups in total. The van der Waals surface area contributed by atoms with Gasteiger partial charge in [0.1, 0.15) is 0 Å². The van der Waals surface area contributed by atoms with E-state index in [9.17, 15) is 0 Å². The van der Waals surface area contributed by atoms with Crippen LogP contribution in [0.4, 0.5) is 0 Å². The molecule has 1 aliphatic rings. The Hall–Kier alpha value is -0.980. The molecule has 22 heavy (non-hydrogen) atoms. The monoisotopic (exact) mass is 347 g/mol. The van der Waals surface area contributed by atoms with Crippen LogP contribution < -0.4 is 0 Å². The van der Waals surface area contributed by atoms with Crippen molar-refractivity contribution in [2.75, 3.05) is 26.3 Å². The average Bonchev–Trinajstić information content (AvgIpc) is 3.29. The summed E-state index contributed by atoms with van der Waals surface area (Å²) in [6.07, 6.45) is 0.